The zero-order valence-corrected chi connectivity index (χ0v) is 13.3. The summed E-state index contributed by atoms with van der Waals surface area (Å²) < 4.78 is 32.7. The maximum Gasteiger partial charge on any atom is 0.240 e. The van der Waals surface area contributed by atoms with Crippen molar-refractivity contribution in [2.75, 3.05) is 18.9 Å². The predicted octanol–water partition coefficient (Wildman–Crippen LogP) is 2.07. The van der Waals surface area contributed by atoms with Crippen LogP contribution in [0.5, 0.6) is 0 Å². The second kappa shape index (κ2) is 7.24. The Morgan fingerprint density at radius 3 is 2.81 bits per heavy atom. The van der Waals surface area contributed by atoms with Gasteiger partial charge in [0.1, 0.15) is 0 Å². The molecule has 0 radical (unpaired) electrons. The highest BCUT2D eigenvalue weighted by Crippen LogP contribution is 2.19. The smallest absolute Gasteiger partial charge is 0.240 e. The fourth-order valence-corrected chi connectivity index (χ4v) is 3.62. The van der Waals surface area contributed by atoms with Crippen LogP contribution in [0.1, 0.15) is 38.2 Å². The summed E-state index contributed by atoms with van der Waals surface area (Å²) in [6.07, 6.45) is 4.95. The van der Waals surface area contributed by atoms with Crippen molar-refractivity contribution in [1.82, 2.24) is 4.72 Å². The van der Waals surface area contributed by atoms with Crippen LogP contribution < -0.4 is 10.5 Å². The van der Waals surface area contributed by atoms with Crippen LogP contribution in [0.25, 0.3) is 0 Å². The lowest BCUT2D eigenvalue weighted by Gasteiger charge is -2.22. The first-order chi connectivity index (χ1) is 10.0. The minimum absolute atomic E-state index is 0.175. The number of ether oxygens (including phenoxy) is 1. The fraction of sp³-hybridized carbons (Fsp3) is 0.600. The number of hydrogen-bond donors (Lipinski definition) is 2. The highest BCUT2D eigenvalue weighted by molar-refractivity contribution is 7.89. The van der Waals surface area contributed by atoms with Gasteiger partial charge in [0.25, 0.3) is 0 Å². The number of sulfonamides is 1. The molecule has 2 rings (SSSR count). The van der Waals surface area contributed by atoms with Crippen LogP contribution >= 0.6 is 0 Å². The third kappa shape index (κ3) is 4.43. The van der Waals surface area contributed by atoms with E-state index in [2.05, 4.69) is 4.72 Å². The summed E-state index contributed by atoms with van der Waals surface area (Å²) in [6, 6.07) is 4.90. The zero-order chi connectivity index (χ0) is 15.3. The molecule has 1 atom stereocenters. The molecule has 1 heterocycles. The molecule has 1 aliphatic rings. The number of rotatable bonds is 6. The molecule has 6 heteroatoms. The van der Waals surface area contributed by atoms with Crippen LogP contribution in [-0.2, 0) is 21.2 Å². The van der Waals surface area contributed by atoms with Crippen LogP contribution in [0.2, 0.25) is 0 Å². The number of aryl methyl sites for hydroxylation is 1. The van der Waals surface area contributed by atoms with Gasteiger partial charge < -0.3 is 10.5 Å². The van der Waals surface area contributed by atoms with Crippen LogP contribution in [-0.4, -0.2) is 27.7 Å². The summed E-state index contributed by atoms with van der Waals surface area (Å²) in [7, 11) is -3.49. The lowest BCUT2D eigenvalue weighted by atomic mass is 10.1. The number of anilines is 1. The van der Waals surface area contributed by atoms with Gasteiger partial charge in [-0.1, -0.05) is 13.0 Å². The van der Waals surface area contributed by atoms with E-state index >= 15 is 0 Å². The molecule has 1 aliphatic heterocycles. The Bertz CT molecular complexity index is 566. The first-order valence-corrected chi connectivity index (χ1v) is 9.01. The van der Waals surface area contributed by atoms with Crippen molar-refractivity contribution >= 4 is 15.7 Å². The van der Waals surface area contributed by atoms with E-state index in [0.717, 1.165) is 37.9 Å². The monoisotopic (exact) mass is 312 g/mol. The maximum absolute atomic E-state index is 12.2. The van der Waals surface area contributed by atoms with Crippen molar-refractivity contribution in [3.8, 4) is 0 Å². The zero-order valence-electron chi connectivity index (χ0n) is 12.5. The van der Waals surface area contributed by atoms with Gasteiger partial charge in [0.2, 0.25) is 10.0 Å². The van der Waals surface area contributed by atoms with Gasteiger partial charge in [-0.15, -0.1) is 0 Å². The number of hydrogen-bond acceptors (Lipinski definition) is 4. The second-order valence-electron chi connectivity index (χ2n) is 5.39. The maximum atomic E-state index is 12.2. The van der Waals surface area contributed by atoms with Crippen molar-refractivity contribution < 1.29 is 13.2 Å². The van der Waals surface area contributed by atoms with Crippen LogP contribution in [0.15, 0.2) is 23.1 Å². The molecular formula is C15H24N2O3S. The quantitative estimate of drug-likeness (QED) is 0.788. The van der Waals surface area contributed by atoms with Crippen molar-refractivity contribution in [3.63, 3.8) is 0 Å². The Kier molecular flexibility index (Phi) is 5.61. The van der Waals surface area contributed by atoms with E-state index in [1.54, 1.807) is 12.1 Å². The molecule has 0 saturated carbocycles. The van der Waals surface area contributed by atoms with Gasteiger partial charge >= 0.3 is 0 Å². The van der Waals surface area contributed by atoms with Crippen LogP contribution in [0.4, 0.5) is 5.69 Å². The summed E-state index contributed by atoms with van der Waals surface area (Å²) in [6.45, 7) is 3.16. The van der Waals surface area contributed by atoms with E-state index in [1.165, 1.54) is 6.07 Å². The van der Waals surface area contributed by atoms with Crippen LogP contribution in [0, 0.1) is 0 Å². The average Bonchev–Trinajstić information content (AvgIpc) is 2.48. The highest BCUT2D eigenvalue weighted by atomic mass is 32.2. The van der Waals surface area contributed by atoms with Gasteiger partial charge in [-0.2, -0.15) is 0 Å². The molecule has 1 saturated heterocycles. The van der Waals surface area contributed by atoms with Crippen LogP contribution in [0.3, 0.4) is 0 Å². The van der Waals surface area contributed by atoms with Crippen molar-refractivity contribution in [3.05, 3.63) is 23.8 Å². The van der Waals surface area contributed by atoms with Crippen molar-refractivity contribution in [1.29, 1.82) is 0 Å². The van der Waals surface area contributed by atoms with Gasteiger partial charge in [0.15, 0.2) is 0 Å². The molecular weight excluding hydrogens is 288 g/mol. The van der Waals surface area contributed by atoms with Gasteiger partial charge in [-0.3, -0.25) is 0 Å². The molecule has 1 aromatic carbocycles. The topological polar surface area (TPSA) is 81.4 Å². The van der Waals surface area contributed by atoms with E-state index in [9.17, 15) is 8.42 Å². The third-order valence-corrected chi connectivity index (χ3v) is 5.30. The van der Waals surface area contributed by atoms with E-state index in [4.69, 9.17) is 10.5 Å². The predicted molar refractivity (Wildman–Crippen MR) is 83.6 cm³/mol. The fourth-order valence-electron chi connectivity index (χ4n) is 2.53. The first-order valence-electron chi connectivity index (χ1n) is 7.52. The molecule has 118 valence electrons. The lowest BCUT2D eigenvalue weighted by molar-refractivity contribution is 0.0123. The number of nitrogen functional groups attached to an aromatic ring is 1. The normalized spacial score (nSPS) is 19.6. The first kappa shape index (κ1) is 16.3. The van der Waals surface area contributed by atoms with Crippen molar-refractivity contribution in [2.45, 2.75) is 50.0 Å². The standard InChI is InChI=1S/C15H24N2O3S/c1-2-12-6-7-14(11-15(12)16)21(18,19)17-9-8-13-5-3-4-10-20-13/h6-7,11,13,17H,2-5,8-10,16H2,1H3. The molecule has 21 heavy (non-hydrogen) atoms. The summed E-state index contributed by atoms with van der Waals surface area (Å²) in [5.74, 6) is 0. The highest BCUT2D eigenvalue weighted by Gasteiger charge is 2.17. The molecule has 3 N–H and O–H groups in total. The summed E-state index contributed by atoms with van der Waals surface area (Å²) >= 11 is 0. The SMILES string of the molecule is CCc1ccc(S(=O)(=O)NCCC2CCCCO2)cc1N. The number of nitrogens with one attached hydrogen (secondary N) is 1. The van der Waals surface area contributed by atoms with E-state index in [0.29, 0.717) is 18.7 Å². The summed E-state index contributed by atoms with van der Waals surface area (Å²) in [4.78, 5) is 0.224. The molecule has 0 bridgehead atoms. The lowest BCUT2D eigenvalue weighted by Crippen LogP contribution is -2.29. The molecule has 1 fully saturated rings. The number of nitrogens with two attached hydrogens (primary N) is 1. The Morgan fingerprint density at radius 2 is 2.19 bits per heavy atom. The van der Waals surface area contributed by atoms with Gasteiger partial charge in [0, 0.05) is 18.8 Å². The van der Waals surface area contributed by atoms with E-state index in [-0.39, 0.29) is 11.0 Å². The summed E-state index contributed by atoms with van der Waals surface area (Å²) in [5, 5.41) is 0. The van der Waals surface area contributed by atoms with Gasteiger partial charge in [-0.25, -0.2) is 13.1 Å². The molecule has 1 aromatic rings. The van der Waals surface area contributed by atoms with E-state index in [1.807, 2.05) is 6.92 Å². The Morgan fingerprint density at radius 1 is 1.38 bits per heavy atom. The Balaban J connectivity index is 1.93. The minimum Gasteiger partial charge on any atom is -0.398 e. The Labute approximate surface area is 126 Å². The van der Waals surface area contributed by atoms with E-state index < -0.39 is 10.0 Å². The molecule has 1 unspecified atom stereocenters. The third-order valence-electron chi connectivity index (χ3n) is 3.84. The molecule has 0 aliphatic carbocycles. The minimum atomic E-state index is -3.49. The van der Waals surface area contributed by atoms with Crippen molar-refractivity contribution in [2.24, 2.45) is 0 Å². The molecule has 0 aromatic heterocycles. The summed E-state index contributed by atoms with van der Waals surface area (Å²) in [5.41, 5.74) is 7.35. The largest absolute Gasteiger partial charge is 0.398 e. The van der Waals surface area contributed by atoms with Gasteiger partial charge in [0.05, 0.1) is 11.0 Å². The molecule has 5 nitrogen and oxygen atoms in total. The molecule has 0 amide bonds. The number of benzene rings is 1. The Hall–Kier alpha value is -1.11. The van der Waals surface area contributed by atoms with Gasteiger partial charge in [-0.05, 0) is 49.8 Å². The average molecular weight is 312 g/mol. The molecule has 0 spiro atoms. The second-order valence-corrected chi connectivity index (χ2v) is 7.16.